The summed E-state index contributed by atoms with van der Waals surface area (Å²) in [4.78, 5) is 6.79. The highest BCUT2D eigenvalue weighted by Gasteiger charge is 1.81. The van der Waals surface area contributed by atoms with Gasteiger partial charge in [0.2, 0.25) is 0 Å². The number of rotatable bonds is 2. The number of nitrogens with zero attached hydrogens (tertiary/aromatic N) is 2. The quantitative estimate of drug-likeness (QED) is 0.611. The topological polar surface area (TPSA) is 51.0 Å². The fourth-order valence-electron chi connectivity index (χ4n) is 0.568. The Labute approximate surface area is 59.3 Å². The van der Waals surface area contributed by atoms with Crippen molar-refractivity contribution in [1.82, 2.24) is 9.97 Å². The number of hydrogen-bond donors (Lipinski definition) is 1. The molecule has 0 amide bonds. The average molecular weight is 134 g/mol. The van der Waals surface area contributed by atoms with E-state index in [9.17, 15) is 0 Å². The molecule has 0 aliphatic rings. The van der Waals surface area contributed by atoms with Gasteiger partial charge in [0.25, 0.3) is 0 Å². The van der Waals surface area contributed by atoms with Gasteiger partial charge in [0.05, 0.1) is 0 Å². The minimum Gasteiger partial charge on any atom is -0.808 e. The molecule has 1 rings (SSSR count). The zero-order valence-corrected chi connectivity index (χ0v) is 5.70. The maximum absolute atomic E-state index is 8.74. The van der Waals surface area contributed by atoms with Crippen LogP contribution in [0.4, 0.5) is 0 Å². The second-order valence-electron chi connectivity index (χ2n) is 1.95. The largest absolute Gasteiger partial charge is 0.808 e. The van der Waals surface area contributed by atoms with Crippen LogP contribution in [0.1, 0.15) is 12.7 Å². The summed E-state index contributed by atoms with van der Waals surface area (Å²) >= 11 is 0. The summed E-state index contributed by atoms with van der Waals surface area (Å²) in [7, 11) is 0. The van der Waals surface area contributed by atoms with Crippen molar-refractivity contribution in [2.45, 2.75) is 6.92 Å². The van der Waals surface area contributed by atoms with Crippen LogP contribution >= 0.6 is 0 Å². The lowest BCUT2D eigenvalue weighted by molar-refractivity contribution is 1.27. The maximum atomic E-state index is 8.74. The Balaban J connectivity index is 2.64. The lowest BCUT2D eigenvalue weighted by Crippen LogP contribution is -1.78. The van der Waals surface area contributed by atoms with Gasteiger partial charge in [0.15, 0.2) is 0 Å². The average Bonchev–Trinajstić information content (AvgIpc) is 2.34. The molecule has 0 radical (unpaired) electrons. The number of nitrogens with one attached hydrogen (secondary N) is 1. The summed E-state index contributed by atoms with van der Waals surface area (Å²) in [6.45, 7) is 1.61. The highest BCUT2D eigenvalue weighted by atomic mass is 14.9. The lowest BCUT2D eigenvalue weighted by Gasteiger charge is -1.92. The summed E-state index contributed by atoms with van der Waals surface area (Å²) in [6, 6.07) is 0. The van der Waals surface area contributed by atoms with Crippen molar-refractivity contribution >= 4 is 11.8 Å². The van der Waals surface area contributed by atoms with E-state index in [0.717, 1.165) is 5.82 Å². The maximum Gasteiger partial charge on any atom is 0.129 e. The third-order valence-electron chi connectivity index (χ3n) is 1.00. The molecule has 52 valence electrons. The normalized spacial score (nSPS) is 10.5. The molecule has 0 bridgehead atoms. The minimum atomic E-state index is 0.274. The van der Waals surface area contributed by atoms with Crippen LogP contribution in [-0.4, -0.2) is 15.7 Å². The molecule has 0 aliphatic carbocycles. The SMILES string of the molecule is CC(=[N-])/C=C\c1ncc[nH]1. The first-order chi connectivity index (χ1) is 4.79. The summed E-state index contributed by atoms with van der Waals surface area (Å²) in [5.74, 6) is 0.744. The summed E-state index contributed by atoms with van der Waals surface area (Å²) < 4.78 is 0. The van der Waals surface area contributed by atoms with E-state index in [1.165, 1.54) is 0 Å². The molecule has 0 saturated heterocycles. The zero-order valence-electron chi connectivity index (χ0n) is 5.70. The van der Waals surface area contributed by atoms with Gasteiger partial charge >= 0.3 is 0 Å². The third kappa shape index (κ3) is 1.85. The Morgan fingerprint density at radius 3 is 3.10 bits per heavy atom. The van der Waals surface area contributed by atoms with Gasteiger partial charge in [-0.25, -0.2) is 4.98 Å². The van der Waals surface area contributed by atoms with E-state index in [1.807, 2.05) is 0 Å². The molecular weight excluding hydrogens is 126 g/mol. The highest BCUT2D eigenvalue weighted by molar-refractivity contribution is 5.98. The number of hydrogen-bond acceptors (Lipinski definition) is 1. The van der Waals surface area contributed by atoms with Crippen molar-refractivity contribution in [3.8, 4) is 0 Å². The highest BCUT2D eigenvalue weighted by Crippen LogP contribution is 1.91. The molecule has 0 unspecified atom stereocenters. The molecule has 0 fully saturated rings. The van der Waals surface area contributed by atoms with E-state index >= 15 is 0 Å². The van der Waals surface area contributed by atoms with Crippen LogP contribution < -0.4 is 0 Å². The van der Waals surface area contributed by atoms with Crippen LogP contribution in [0.2, 0.25) is 0 Å². The first-order valence-corrected chi connectivity index (χ1v) is 2.99. The number of aromatic nitrogens is 2. The Bertz CT molecular complexity index is 233. The van der Waals surface area contributed by atoms with E-state index < -0.39 is 0 Å². The first kappa shape index (κ1) is 6.74. The van der Waals surface area contributed by atoms with Gasteiger partial charge in [0, 0.05) is 12.4 Å². The number of aromatic amines is 1. The Morgan fingerprint density at radius 1 is 1.80 bits per heavy atom. The van der Waals surface area contributed by atoms with Crippen molar-refractivity contribution < 1.29 is 0 Å². The van der Waals surface area contributed by atoms with Gasteiger partial charge in [-0.3, -0.25) is 0 Å². The first-order valence-electron chi connectivity index (χ1n) is 2.99. The van der Waals surface area contributed by atoms with Crippen molar-refractivity contribution in [1.29, 1.82) is 0 Å². The van der Waals surface area contributed by atoms with Crippen molar-refractivity contribution in [2.75, 3.05) is 0 Å². The summed E-state index contributed by atoms with van der Waals surface area (Å²) in [5, 5.41) is 8.74. The van der Waals surface area contributed by atoms with E-state index in [2.05, 4.69) is 9.97 Å². The van der Waals surface area contributed by atoms with Crippen molar-refractivity contribution in [2.24, 2.45) is 0 Å². The molecule has 10 heavy (non-hydrogen) atoms. The van der Waals surface area contributed by atoms with E-state index in [-0.39, 0.29) is 5.71 Å². The van der Waals surface area contributed by atoms with E-state index in [1.54, 1.807) is 31.5 Å². The molecule has 1 aromatic heterocycles. The second kappa shape index (κ2) is 2.96. The third-order valence-corrected chi connectivity index (χ3v) is 1.00. The van der Waals surface area contributed by atoms with Crippen LogP contribution in [0, 0.1) is 0 Å². The van der Waals surface area contributed by atoms with Gasteiger partial charge in [-0.1, -0.05) is 13.0 Å². The lowest BCUT2D eigenvalue weighted by atomic mass is 10.4. The summed E-state index contributed by atoms with van der Waals surface area (Å²) in [6.07, 6.45) is 6.67. The Kier molecular flexibility index (Phi) is 1.99. The number of H-pyrrole nitrogens is 1. The molecule has 0 saturated carbocycles. The molecule has 1 aromatic rings. The van der Waals surface area contributed by atoms with Crippen LogP contribution in [0.3, 0.4) is 0 Å². The summed E-state index contributed by atoms with van der Waals surface area (Å²) in [5.41, 5.74) is 0.274. The molecule has 0 atom stereocenters. The smallest absolute Gasteiger partial charge is 0.129 e. The standard InChI is InChI=1S/C7H8N3/c1-6(8)2-3-7-9-4-5-10-7/h2-5H,1H3,(H,9,10)/q-1/b3-2-. The molecular formula is C7H8N3-. The second-order valence-corrected chi connectivity index (χ2v) is 1.95. The molecule has 3 nitrogen and oxygen atoms in total. The van der Waals surface area contributed by atoms with Crippen molar-refractivity contribution in [3.63, 3.8) is 0 Å². The van der Waals surface area contributed by atoms with Gasteiger partial charge in [-0.15, -0.1) is 0 Å². The van der Waals surface area contributed by atoms with Gasteiger partial charge in [-0.2, -0.15) is 5.71 Å². The van der Waals surface area contributed by atoms with Crippen LogP contribution in [0.25, 0.3) is 11.5 Å². The molecule has 1 heterocycles. The Morgan fingerprint density at radius 2 is 2.60 bits per heavy atom. The van der Waals surface area contributed by atoms with Gasteiger partial charge in [0.1, 0.15) is 5.82 Å². The molecule has 0 spiro atoms. The zero-order chi connectivity index (χ0) is 7.40. The minimum absolute atomic E-state index is 0.274. The monoisotopic (exact) mass is 134 g/mol. The van der Waals surface area contributed by atoms with E-state index in [4.69, 9.17) is 5.41 Å². The van der Waals surface area contributed by atoms with Crippen molar-refractivity contribution in [3.05, 3.63) is 29.7 Å². The fourth-order valence-corrected chi connectivity index (χ4v) is 0.568. The molecule has 0 aliphatic heterocycles. The van der Waals surface area contributed by atoms with Gasteiger partial charge in [-0.05, 0) is 6.08 Å². The number of imidazole rings is 1. The molecule has 3 heteroatoms. The predicted molar refractivity (Wildman–Crippen MR) is 41.7 cm³/mol. The Hall–Kier alpha value is -1.38. The van der Waals surface area contributed by atoms with Crippen LogP contribution in [0.5, 0.6) is 0 Å². The number of allylic oxidation sites excluding steroid dienone is 1. The van der Waals surface area contributed by atoms with Gasteiger partial charge < -0.3 is 10.4 Å². The predicted octanol–water partition coefficient (Wildman–Crippen LogP) is 1.45. The van der Waals surface area contributed by atoms with Crippen LogP contribution in [-0.2, 0) is 0 Å². The van der Waals surface area contributed by atoms with Crippen LogP contribution in [0.15, 0.2) is 18.5 Å². The van der Waals surface area contributed by atoms with E-state index in [0.29, 0.717) is 0 Å². The fraction of sp³-hybridized carbons (Fsp3) is 0.143. The molecule has 1 N–H and O–H groups in total. The molecule has 0 aromatic carbocycles.